The summed E-state index contributed by atoms with van der Waals surface area (Å²) in [7, 11) is 0. The molecule has 2 aromatic carbocycles. The summed E-state index contributed by atoms with van der Waals surface area (Å²) in [6.45, 7) is 0.724. The summed E-state index contributed by atoms with van der Waals surface area (Å²) in [5.74, 6) is 0.374. The molecule has 6 heteroatoms. The fourth-order valence-corrected chi connectivity index (χ4v) is 3.77. The van der Waals surface area contributed by atoms with E-state index in [1.54, 1.807) is 9.58 Å². The standard InChI is InChI=1S/C23H22N4O2/c28-22-10-5-13-26(22)19-9-4-6-17(14-19)24-23(29)21-15-20(16-11-12-16)25-27(21)18-7-2-1-3-8-18/h1-4,6-9,14-16H,5,10-13H2,(H,24,29). The Morgan fingerprint density at radius 1 is 1.00 bits per heavy atom. The van der Waals surface area contributed by atoms with E-state index in [1.807, 2.05) is 60.7 Å². The zero-order valence-corrected chi connectivity index (χ0v) is 16.0. The molecule has 0 unspecified atom stereocenters. The van der Waals surface area contributed by atoms with Gasteiger partial charge in [-0.1, -0.05) is 24.3 Å². The molecule has 2 fully saturated rings. The summed E-state index contributed by atoms with van der Waals surface area (Å²) in [5.41, 5.74) is 3.83. The molecule has 146 valence electrons. The number of anilines is 2. The highest BCUT2D eigenvalue weighted by Gasteiger charge is 2.29. The highest BCUT2D eigenvalue weighted by Crippen LogP contribution is 2.39. The first kappa shape index (κ1) is 17.7. The van der Waals surface area contributed by atoms with E-state index in [1.165, 1.54) is 0 Å². The lowest BCUT2D eigenvalue weighted by atomic mass is 10.2. The molecule has 1 N–H and O–H groups in total. The minimum absolute atomic E-state index is 0.129. The number of carbonyl (C=O) groups excluding carboxylic acids is 2. The van der Waals surface area contributed by atoms with Crippen LogP contribution in [0.3, 0.4) is 0 Å². The maximum atomic E-state index is 13.1. The van der Waals surface area contributed by atoms with E-state index >= 15 is 0 Å². The van der Waals surface area contributed by atoms with Gasteiger partial charge in [-0.2, -0.15) is 5.10 Å². The second kappa shape index (κ2) is 7.20. The molecule has 1 saturated heterocycles. The molecule has 29 heavy (non-hydrogen) atoms. The Morgan fingerprint density at radius 2 is 1.79 bits per heavy atom. The van der Waals surface area contributed by atoms with Crippen molar-refractivity contribution in [2.45, 2.75) is 31.6 Å². The lowest BCUT2D eigenvalue weighted by Gasteiger charge is -2.17. The second-order valence-corrected chi connectivity index (χ2v) is 7.63. The van der Waals surface area contributed by atoms with Crippen LogP contribution in [0.25, 0.3) is 5.69 Å². The Morgan fingerprint density at radius 3 is 2.52 bits per heavy atom. The molecule has 5 rings (SSSR count). The number of benzene rings is 2. The fraction of sp³-hybridized carbons (Fsp3) is 0.261. The van der Waals surface area contributed by atoms with Gasteiger partial charge < -0.3 is 10.2 Å². The number of para-hydroxylation sites is 1. The van der Waals surface area contributed by atoms with Gasteiger partial charge in [-0.05, 0) is 55.7 Å². The molecule has 0 atom stereocenters. The van der Waals surface area contributed by atoms with Crippen molar-refractivity contribution in [3.63, 3.8) is 0 Å². The van der Waals surface area contributed by atoms with Crippen LogP contribution in [-0.4, -0.2) is 28.1 Å². The Labute approximate surface area is 169 Å². The number of nitrogens with one attached hydrogen (secondary N) is 1. The van der Waals surface area contributed by atoms with E-state index in [2.05, 4.69) is 5.32 Å². The summed E-state index contributed by atoms with van der Waals surface area (Å²) < 4.78 is 1.72. The average Bonchev–Trinajstić information content (AvgIpc) is 3.34. The van der Waals surface area contributed by atoms with Crippen LogP contribution in [0.2, 0.25) is 0 Å². The minimum Gasteiger partial charge on any atom is -0.321 e. The topological polar surface area (TPSA) is 67.2 Å². The van der Waals surface area contributed by atoms with Crippen molar-refractivity contribution in [3.05, 3.63) is 72.1 Å². The number of amides is 2. The summed E-state index contributed by atoms with van der Waals surface area (Å²) >= 11 is 0. The maximum absolute atomic E-state index is 13.1. The summed E-state index contributed by atoms with van der Waals surface area (Å²) in [5, 5.41) is 7.68. The maximum Gasteiger partial charge on any atom is 0.274 e. The zero-order chi connectivity index (χ0) is 19.8. The van der Waals surface area contributed by atoms with Crippen LogP contribution < -0.4 is 10.2 Å². The first-order valence-corrected chi connectivity index (χ1v) is 10.1. The molecule has 2 aliphatic rings. The van der Waals surface area contributed by atoms with Gasteiger partial charge in [-0.25, -0.2) is 4.68 Å². The number of hydrogen-bond donors (Lipinski definition) is 1. The summed E-state index contributed by atoms with van der Waals surface area (Å²) in [4.78, 5) is 26.9. The quantitative estimate of drug-likeness (QED) is 0.717. The predicted octanol–water partition coefficient (Wildman–Crippen LogP) is 4.13. The molecular formula is C23H22N4O2. The van der Waals surface area contributed by atoms with Crippen LogP contribution >= 0.6 is 0 Å². The molecule has 1 aliphatic heterocycles. The van der Waals surface area contributed by atoms with Crippen LogP contribution in [0, 0.1) is 0 Å². The average molecular weight is 386 g/mol. The summed E-state index contributed by atoms with van der Waals surface area (Å²) in [6.07, 6.45) is 3.70. The summed E-state index contributed by atoms with van der Waals surface area (Å²) in [6, 6.07) is 19.1. The van der Waals surface area contributed by atoms with Gasteiger partial charge in [0.05, 0.1) is 11.4 Å². The van der Waals surface area contributed by atoms with Crippen molar-refractivity contribution >= 4 is 23.2 Å². The van der Waals surface area contributed by atoms with Crippen molar-refractivity contribution in [3.8, 4) is 5.69 Å². The van der Waals surface area contributed by atoms with Crippen LogP contribution in [0.15, 0.2) is 60.7 Å². The highest BCUT2D eigenvalue weighted by molar-refractivity contribution is 6.04. The van der Waals surface area contributed by atoms with Crippen LogP contribution in [0.5, 0.6) is 0 Å². The van der Waals surface area contributed by atoms with Gasteiger partial charge in [0.25, 0.3) is 5.91 Å². The largest absolute Gasteiger partial charge is 0.321 e. The predicted molar refractivity (Wildman–Crippen MR) is 112 cm³/mol. The number of carbonyl (C=O) groups is 2. The van der Waals surface area contributed by atoms with Gasteiger partial charge in [0.2, 0.25) is 5.91 Å². The van der Waals surface area contributed by atoms with Crippen molar-refractivity contribution < 1.29 is 9.59 Å². The molecule has 1 saturated carbocycles. The van der Waals surface area contributed by atoms with E-state index in [9.17, 15) is 9.59 Å². The fourth-order valence-electron chi connectivity index (χ4n) is 3.77. The molecule has 0 spiro atoms. The molecule has 0 bridgehead atoms. The molecule has 2 amide bonds. The van der Waals surface area contributed by atoms with E-state index in [4.69, 9.17) is 5.10 Å². The molecule has 2 heterocycles. The number of aromatic nitrogens is 2. The van der Waals surface area contributed by atoms with Crippen molar-refractivity contribution in [2.24, 2.45) is 0 Å². The Kier molecular flexibility index (Phi) is 4.39. The molecular weight excluding hydrogens is 364 g/mol. The lowest BCUT2D eigenvalue weighted by molar-refractivity contribution is -0.117. The number of rotatable bonds is 5. The Balaban J connectivity index is 1.43. The van der Waals surface area contributed by atoms with Gasteiger partial charge in [0, 0.05) is 30.3 Å². The van der Waals surface area contributed by atoms with Crippen molar-refractivity contribution in [1.29, 1.82) is 0 Å². The molecule has 3 aromatic rings. The van der Waals surface area contributed by atoms with Crippen molar-refractivity contribution in [2.75, 3.05) is 16.8 Å². The third kappa shape index (κ3) is 3.53. The second-order valence-electron chi connectivity index (χ2n) is 7.63. The van der Waals surface area contributed by atoms with Crippen LogP contribution in [0.1, 0.15) is 47.8 Å². The zero-order valence-electron chi connectivity index (χ0n) is 16.0. The van der Waals surface area contributed by atoms with Crippen molar-refractivity contribution in [1.82, 2.24) is 9.78 Å². The van der Waals surface area contributed by atoms with Crippen LogP contribution in [-0.2, 0) is 4.79 Å². The Bertz CT molecular complexity index is 1070. The number of hydrogen-bond acceptors (Lipinski definition) is 3. The smallest absolute Gasteiger partial charge is 0.274 e. The van der Waals surface area contributed by atoms with Gasteiger partial charge in [0.15, 0.2) is 0 Å². The monoisotopic (exact) mass is 386 g/mol. The first-order valence-electron chi connectivity index (χ1n) is 10.1. The van der Waals surface area contributed by atoms with E-state index < -0.39 is 0 Å². The lowest BCUT2D eigenvalue weighted by Crippen LogP contribution is -2.24. The molecule has 1 aromatic heterocycles. The van der Waals surface area contributed by atoms with Gasteiger partial charge in [-0.15, -0.1) is 0 Å². The normalized spacial score (nSPS) is 16.3. The first-order chi connectivity index (χ1) is 14.2. The third-order valence-electron chi connectivity index (χ3n) is 5.45. The van der Waals surface area contributed by atoms with Gasteiger partial charge >= 0.3 is 0 Å². The highest BCUT2D eigenvalue weighted by atomic mass is 16.2. The Hall–Kier alpha value is -3.41. The van der Waals surface area contributed by atoms with E-state index in [0.717, 1.165) is 42.9 Å². The molecule has 1 aliphatic carbocycles. The SMILES string of the molecule is O=C(Nc1cccc(N2CCCC2=O)c1)c1cc(C2CC2)nn1-c1ccccc1. The third-order valence-corrected chi connectivity index (χ3v) is 5.45. The van der Waals surface area contributed by atoms with Crippen LogP contribution in [0.4, 0.5) is 11.4 Å². The van der Waals surface area contributed by atoms with E-state index in [-0.39, 0.29) is 11.8 Å². The number of nitrogens with zero attached hydrogens (tertiary/aromatic N) is 3. The minimum atomic E-state index is -0.210. The van der Waals surface area contributed by atoms with E-state index in [0.29, 0.717) is 23.7 Å². The molecule has 6 nitrogen and oxygen atoms in total. The van der Waals surface area contributed by atoms with Gasteiger partial charge in [0.1, 0.15) is 5.69 Å². The molecule has 0 radical (unpaired) electrons. The van der Waals surface area contributed by atoms with Gasteiger partial charge in [-0.3, -0.25) is 9.59 Å².